The molecule has 2 atom stereocenters. The van der Waals surface area contributed by atoms with Crippen LogP contribution in [0.3, 0.4) is 0 Å². The third-order valence-electron chi connectivity index (χ3n) is 3.33. The van der Waals surface area contributed by atoms with Crippen molar-refractivity contribution in [3.63, 3.8) is 0 Å². The minimum Gasteiger partial charge on any atom is -0.464 e. The van der Waals surface area contributed by atoms with E-state index >= 15 is 0 Å². The standard InChI is InChI=1S/C16H26NO3P.C2H6/c1-5-14(6-2)12-19-16(18)13(3)17-21(4)20-15-10-8-7-9-11-15;1-2/h7-11,13-14,17H,5-6,12H2,1-4H3;1-2H3. The SMILES string of the molecule is CC.CCC(CC)COC(=O)C(C)NP(C)Oc1ccccc1. The maximum Gasteiger partial charge on any atom is 0.323 e. The zero-order valence-electron chi connectivity index (χ0n) is 15.3. The van der Waals surface area contributed by atoms with Crippen LogP contribution in [-0.2, 0) is 9.53 Å². The van der Waals surface area contributed by atoms with Gasteiger partial charge in [0.1, 0.15) is 11.8 Å². The highest BCUT2D eigenvalue weighted by atomic mass is 31.2. The molecule has 0 heterocycles. The fourth-order valence-corrected chi connectivity index (χ4v) is 2.98. The number of carbonyl (C=O) groups is 1. The van der Waals surface area contributed by atoms with Crippen LogP contribution in [-0.4, -0.2) is 25.3 Å². The highest BCUT2D eigenvalue weighted by Gasteiger charge is 2.19. The molecular formula is C18H32NO3P. The van der Waals surface area contributed by atoms with Crippen molar-refractivity contribution in [3.05, 3.63) is 30.3 Å². The summed E-state index contributed by atoms with van der Waals surface area (Å²) in [7, 11) is -0.913. The highest BCUT2D eigenvalue weighted by Crippen LogP contribution is 2.30. The number of ether oxygens (including phenoxy) is 1. The van der Waals surface area contributed by atoms with Crippen molar-refractivity contribution in [1.82, 2.24) is 5.09 Å². The molecule has 4 nitrogen and oxygen atoms in total. The van der Waals surface area contributed by atoms with Crippen molar-refractivity contribution in [3.8, 4) is 5.75 Å². The smallest absolute Gasteiger partial charge is 0.323 e. The Morgan fingerprint density at radius 3 is 2.26 bits per heavy atom. The fourth-order valence-electron chi connectivity index (χ4n) is 1.84. The molecule has 5 heteroatoms. The molecule has 2 unspecified atom stereocenters. The lowest BCUT2D eigenvalue weighted by molar-refractivity contribution is -0.146. The molecule has 0 saturated carbocycles. The number of para-hydroxylation sites is 1. The van der Waals surface area contributed by atoms with E-state index in [-0.39, 0.29) is 12.0 Å². The molecule has 0 amide bonds. The van der Waals surface area contributed by atoms with Gasteiger partial charge in [0.25, 0.3) is 0 Å². The van der Waals surface area contributed by atoms with E-state index in [1.54, 1.807) is 0 Å². The predicted molar refractivity (Wildman–Crippen MR) is 98.9 cm³/mol. The molecular weight excluding hydrogens is 309 g/mol. The molecule has 1 aromatic carbocycles. The third-order valence-corrected chi connectivity index (χ3v) is 4.57. The van der Waals surface area contributed by atoms with Gasteiger partial charge in [0.15, 0.2) is 8.30 Å². The van der Waals surface area contributed by atoms with E-state index in [1.807, 2.05) is 57.8 Å². The summed E-state index contributed by atoms with van der Waals surface area (Å²) in [5.74, 6) is 1.04. The van der Waals surface area contributed by atoms with Gasteiger partial charge in [-0.05, 0) is 25.0 Å². The van der Waals surface area contributed by atoms with Crippen LogP contribution in [0.2, 0.25) is 0 Å². The molecule has 132 valence electrons. The van der Waals surface area contributed by atoms with Crippen molar-refractivity contribution in [2.75, 3.05) is 13.3 Å². The summed E-state index contributed by atoms with van der Waals surface area (Å²) < 4.78 is 11.1. The second kappa shape index (κ2) is 13.3. The molecule has 0 aromatic heterocycles. The number of hydrogen-bond acceptors (Lipinski definition) is 4. The third kappa shape index (κ3) is 9.58. The van der Waals surface area contributed by atoms with E-state index in [0.29, 0.717) is 12.5 Å². The lowest BCUT2D eigenvalue weighted by Gasteiger charge is -2.20. The van der Waals surface area contributed by atoms with Crippen LogP contribution in [0.1, 0.15) is 47.5 Å². The largest absolute Gasteiger partial charge is 0.464 e. The monoisotopic (exact) mass is 341 g/mol. The number of benzene rings is 1. The van der Waals surface area contributed by atoms with Crippen molar-refractivity contribution < 1.29 is 14.1 Å². The van der Waals surface area contributed by atoms with Gasteiger partial charge in [-0.1, -0.05) is 58.7 Å². The van der Waals surface area contributed by atoms with Gasteiger partial charge in [-0.3, -0.25) is 9.88 Å². The first kappa shape index (κ1) is 21.9. The molecule has 23 heavy (non-hydrogen) atoms. The Bertz CT molecular complexity index is 410. The van der Waals surface area contributed by atoms with Crippen molar-refractivity contribution in [2.45, 2.75) is 53.5 Å². The van der Waals surface area contributed by atoms with Crippen LogP contribution >= 0.6 is 8.30 Å². The summed E-state index contributed by atoms with van der Waals surface area (Å²) in [5, 5.41) is 3.16. The number of rotatable bonds is 9. The summed E-state index contributed by atoms with van der Waals surface area (Å²) >= 11 is 0. The zero-order chi connectivity index (χ0) is 17.7. The minimum atomic E-state index is -0.913. The molecule has 0 bridgehead atoms. The van der Waals surface area contributed by atoms with E-state index < -0.39 is 8.30 Å². The Hall–Kier alpha value is -1.12. The van der Waals surface area contributed by atoms with E-state index in [0.717, 1.165) is 18.6 Å². The Morgan fingerprint density at radius 2 is 1.74 bits per heavy atom. The predicted octanol–water partition coefficient (Wildman–Crippen LogP) is 4.99. The van der Waals surface area contributed by atoms with Gasteiger partial charge in [0, 0.05) is 6.66 Å². The van der Waals surface area contributed by atoms with Crippen molar-refractivity contribution in [2.24, 2.45) is 5.92 Å². The maximum atomic E-state index is 11.9. The van der Waals surface area contributed by atoms with Crippen LogP contribution in [0.5, 0.6) is 5.75 Å². The van der Waals surface area contributed by atoms with Gasteiger partial charge < -0.3 is 9.26 Å². The Morgan fingerprint density at radius 1 is 1.17 bits per heavy atom. The molecule has 0 radical (unpaired) electrons. The van der Waals surface area contributed by atoms with Gasteiger partial charge >= 0.3 is 5.97 Å². The van der Waals surface area contributed by atoms with Gasteiger partial charge in [-0.2, -0.15) is 0 Å². The minimum absolute atomic E-state index is 0.215. The average Bonchev–Trinajstić information content (AvgIpc) is 2.58. The Kier molecular flexibility index (Phi) is 12.7. The summed E-state index contributed by atoms with van der Waals surface area (Å²) in [5.41, 5.74) is 0. The number of carbonyl (C=O) groups excluding carboxylic acids is 1. The van der Waals surface area contributed by atoms with Gasteiger partial charge in [0.2, 0.25) is 0 Å². The molecule has 0 spiro atoms. The lowest BCUT2D eigenvalue weighted by Crippen LogP contribution is -2.33. The average molecular weight is 341 g/mol. The van der Waals surface area contributed by atoms with E-state index in [9.17, 15) is 4.79 Å². The topological polar surface area (TPSA) is 47.6 Å². The van der Waals surface area contributed by atoms with Crippen molar-refractivity contribution >= 4 is 14.3 Å². The maximum absolute atomic E-state index is 11.9. The van der Waals surface area contributed by atoms with Crippen molar-refractivity contribution in [1.29, 1.82) is 0 Å². The molecule has 0 aliphatic rings. The molecule has 1 aromatic rings. The first-order valence-corrected chi connectivity index (χ1v) is 10.2. The summed E-state index contributed by atoms with van der Waals surface area (Å²) in [6.07, 6.45) is 2.06. The zero-order valence-corrected chi connectivity index (χ0v) is 16.2. The molecule has 1 N–H and O–H groups in total. The van der Waals surface area contributed by atoms with Crippen LogP contribution in [0.4, 0.5) is 0 Å². The van der Waals surface area contributed by atoms with E-state index in [1.165, 1.54) is 0 Å². The van der Waals surface area contributed by atoms with Crippen LogP contribution in [0, 0.1) is 5.92 Å². The molecule has 0 aliphatic heterocycles. The lowest BCUT2D eigenvalue weighted by atomic mass is 10.1. The van der Waals surface area contributed by atoms with Crippen LogP contribution in [0.25, 0.3) is 0 Å². The van der Waals surface area contributed by atoms with Crippen LogP contribution < -0.4 is 9.61 Å². The summed E-state index contributed by atoms with van der Waals surface area (Å²) in [6.45, 7) is 12.5. The highest BCUT2D eigenvalue weighted by molar-refractivity contribution is 7.49. The molecule has 1 rings (SSSR count). The summed E-state index contributed by atoms with van der Waals surface area (Å²) in [6, 6.07) is 9.22. The second-order valence-corrected chi connectivity index (χ2v) is 6.50. The Labute approximate surface area is 142 Å². The van der Waals surface area contributed by atoms with Gasteiger partial charge in [0.05, 0.1) is 6.61 Å². The van der Waals surface area contributed by atoms with Gasteiger partial charge in [-0.15, -0.1) is 0 Å². The first-order valence-electron chi connectivity index (χ1n) is 8.46. The molecule has 0 fully saturated rings. The van der Waals surface area contributed by atoms with E-state index in [2.05, 4.69) is 18.9 Å². The fraction of sp³-hybridized carbons (Fsp3) is 0.611. The first-order chi connectivity index (χ1) is 11.1. The molecule has 0 aliphatic carbocycles. The van der Waals surface area contributed by atoms with E-state index in [4.69, 9.17) is 9.26 Å². The number of hydrogen-bond donors (Lipinski definition) is 1. The number of nitrogens with one attached hydrogen (secondary N) is 1. The normalized spacial score (nSPS) is 12.8. The van der Waals surface area contributed by atoms with Crippen LogP contribution in [0.15, 0.2) is 30.3 Å². The molecule has 0 saturated heterocycles. The number of esters is 1. The second-order valence-electron chi connectivity index (χ2n) is 5.07. The summed E-state index contributed by atoms with van der Waals surface area (Å²) in [4.78, 5) is 11.9. The van der Waals surface area contributed by atoms with Gasteiger partial charge in [-0.25, -0.2) is 0 Å². The Balaban J connectivity index is 0.00000232. The quantitative estimate of drug-likeness (QED) is 0.508.